The van der Waals surface area contributed by atoms with Crippen molar-refractivity contribution in [1.82, 2.24) is 0 Å². The first-order valence-electron chi connectivity index (χ1n) is 10.1. The van der Waals surface area contributed by atoms with Crippen LogP contribution in [0.3, 0.4) is 0 Å². The fraction of sp³-hybridized carbons (Fsp3) is 0.950. The second kappa shape index (κ2) is 10.0. The third kappa shape index (κ3) is 4.99. The summed E-state index contributed by atoms with van der Waals surface area (Å²) in [5, 5.41) is -0.215. The molecular formula is C20H35ClO7. The van der Waals surface area contributed by atoms with Gasteiger partial charge in [-0.2, -0.15) is 0 Å². The quantitative estimate of drug-likeness (QED) is 0.319. The topological polar surface area (TPSA) is 72.5 Å². The van der Waals surface area contributed by atoms with Crippen LogP contribution in [0.5, 0.6) is 0 Å². The van der Waals surface area contributed by atoms with Crippen LogP contribution in [0.1, 0.15) is 59.3 Å². The minimum absolute atomic E-state index is 0.0187. The molecule has 2 aliphatic heterocycles. The number of rotatable bonds is 9. The van der Waals surface area contributed by atoms with E-state index in [-0.39, 0.29) is 42.0 Å². The lowest BCUT2D eigenvalue weighted by atomic mass is 9.88. The normalized spacial score (nSPS) is 41.2. The Kier molecular flexibility index (Phi) is 8.55. The summed E-state index contributed by atoms with van der Waals surface area (Å²) in [6.45, 7) is 6.11. The van der Waals surface area contributed by atoms with Crippen molar-refractivity contribution in [3.8, 4) is 0 Å². The second-order valence-electron chi connectivity index (χ2n) is 8.05. The summed E-state index contributed by atoms with van der Waals surface area (Å²) in [5.41, 5.74) is -0.486. The van der Waals surface area contributed by atoms with E-state index in [4.69, 9.17) is 40.3 Å². The monoisotopic (exact) mass is 422 g/mol. The van der Waals surface area contributed by atoms with Crippen LogP contribution in [0.15, 0.2) is 0 Å². The van der Waals surface area contributed by atoms with E-state index in [2.05, 4.69) is 6.92 Å². The van der Waals surface area contributed by atoms with Gasteiger partial charge in [-0.25, -0.2) is 9.78 Å². The Hall–Kier alpha value is -0.440. The summed E-state index contributed by atoms with van der Waals surface area (Å²) in [6.07, 6.45) is 3.42. The molecule has 2 rings (SSSR count). The van der Waals surface area contributed by atoms with Gasteiger partial charge in [0, 0.05) is 27.1 Å². The van der Waals surface area contributed by atoms with Crippen LogP contribution in [0, 0.1) is 5.92 Å². The third-order valence-corrected chi connectivity index (χ3v) is 6.98. The van der Waals surface area contributed by atoms with E-state index in [1.807, 2.05) is 13.8 Å². The first kappa shape index (κ1) is 23.8. The van der Waals surface area contributed by atoms with E-state index in [1.54, 1.807) is 14.2 Å². The predicted octanol–water partition coefficient (Wildman–Crippen LogP) is 3.61. The molecule has 2 heterocycles. The average molecular weight is 423 g/mol. The number of methoxy groups -OCH3 is 3. The molecule has 0 bridgehead atoms. The molecule has 28 heavy (non-hydrogen) atoms. The average Bonchev–Trinajstić information content (AvgIpc) is 2.94. The number of ether oxygens (including phenoxy) is 4. The Labute approximate surface area is 173 Å². The van der Waals surface area contributed by atoms with Crippen LogP contribution < -0.4 is 0 Å². The van der Waals surface area contributed by atoms with Crippen LogP contribution >= 0.6 is 11.6 Å². The summed E-state index contributed by atoms with van der Waals surface area (Å²) in [7, 11) is 4.66. The molecule has 8 heteroatoms. The van der Waals surface area contributed by atoms with Crippen LogP contribution in [0.4, 0.5) is 0 Å². The Morgan fingerprint density at radius 3 is 2.43 bits per heavy atom. The summed E-state index contributed by atoms with van der Waals surface area (Å²) in [6, 6.07) is 0. The first-order chi connectivity index (χ1) is 13.2. The molecule has 7 nitrogen and oxygen atoms in total. The van der Waals surface area contributed by atoms with Gasteiger partial charge in [-0.1, -0.05) is 13.8 Å². The highest BCUT2D eigenvalue weighted by molar-refractivity contribution is 6.22. The molecule has 0 aromatic heterocycles. The number of hydrogen-bond acceptors (Lipinski definition) is 7. The molecule has 2 fully saturated rings. The Bertz CT molecular complexity index is 519. The number of alkyl halides is 1. The lowest BCUT2D eigenvalue weighted by molar-refractivity contribution is -0.475. The lowest BCUT2D eigenvalue weighted by Gasteiger charge is -2.41. The van der Waals surface area contributed by atoms with E-state index in [1.165, 1.54) is 7.11 Å². The summed E-state index contributed by atoms with van der Waals surface area (Å²) in [4.78, 5) is 22.6. The highest BCUT2D eigenvalue weighted by atomic mass is 35.5. The van der Waals surface area contributed by atoms with Gasteiger partial charge in [-0.15, -0.1) is 11.6 Å². The van der Waals surface area contributed by atoms with Crippen molar-refractivity contribution in [2.45, 2.75) is 94.4 Å². The number of carbonyl (C=O) groups is 1. The maximum atomic E-state index is 11.5. The molecule has 0 saturated carbocycles. The molecule has 0 N–H and O–H groups in total. The fourth-order valence-corrected chi connectivity index (χ4v) is 4.66. The predicted molar refractivity (Wildman–Crippen MR) is 104 cm³/mol. The molecule has 0 radical (unpaired) electrons. The fourth-order valence-electron chi connectivity index (χ4n) is 4.24. The first-order valence-corrected chi connectivity index (χ1v) is 10.5. The zero-order valence-corrected chi connectivity index (χ0v) is 18.6. The molecule has 0 spiro atoms. The van der Waals surface area contributed by atoms with Crippen molar-refractivity contribution in [3.63, 3.8) is 0 Å². The van der Waals surface area contributed by atoms with Gasteiger partial charge in [0.1, 0.15) is 11.7 Å². The molecule has 7 atom stereocenters. The van der Waals surface area contributed by atoms with Gasteiger partial charge >= 0.3 is 5.97 Å². The zero-order chi connectivity index (χ0) is 20.9. The Balaban J connectivity index is 1.88. The van der Waals surface area contributed by atoms with Crippen molar-refractivity contribution in [2.75, 3.05) is 21.3 Å². The van der Waals surface area contributed by atoms with Gasteiger partial charge < -0.3 is 18.9 Å². The van der Waals surface area contributed by atoms with Crippen molar-refractivity contribution < 1.29 is 33.5 Å². The van der Waals surface area contributed by atoms with Gasteiger partial charge in [0.2, 0.25) is 5.79 Å². The number of carbonyl (C=O) groups excluding carboxylic acids is 1. The highest BCUT2D eigenvalue weighted by Gasteiger charge is 2.52. The molecule has 0 aromatic carbocycles. The molecule has 2 aliphatic rings. The standard InChI is InChI=1S/C20H35ClO7/c1-7-16-19(3,24-5)18(21)14(26-16)9-8-10-20(25-6)12-13(2)15(27-28-20)11-17(22)23-4/h13-16,18H,7-12H2,1-6H3/t13-,14+,15-,16+,18+,19-,20+/m0/s1. The van der Waals surface area contributed by atoms with Gasteiger partial charge in [0.25, 0.3) is 0 Å². The van der Waals surface area contributed by atoms with Gasteiger partial charge in [-0.3, -0.25) is 4.79 Å². The Morgan fingerprint density at radius 2 is 1.93 bits per heavy atom. The van der Waals surface area contributed by atoms with Crippen LogP contribution in [0.2, 0.25) is 0 Å². The SMILES string of the molecule is CC[C@H]1O[C@H](CCC[C@]2(OC)C[C@H](C)[C@H](CC(=O)OC)OO2)[C@@H](Cl)[C@@]1(C)OC. The van der Waals surface area contributed by atoms with Gasteiger partial charge in [0.05, 0.1) is 31.1 Å². The van der Waals surface area contributed by atoms with E-state index >= 15 is 0 Å². The second-order valence-corrected chi connectivity index (χ2v) is 8.52. The molecule has 2 saturated heterocycles. The van der Waals surface area contributed by atoms with Crippen LogP contribution in [-0.2, 0) is 33.5 Å². The molecule has 0 aliphatic carbocycles. The van der Waals surface area contributed by atoms with E-state index < -0.39 is 11.4 Å². The number of esters is 1. The van der Waals surface area contributed by atoms with Crippen LogP contribution in [-0.4, -0.2) is 62.4 Å². The van der Waals surface area contributed by atoms with E-state index in [0.717, 1.165) is 19.3 Å². The minimum atomic E-state index is -0.832. The van der Waals surface area contributed by atoms with Gasteiger partial charge in [0.15, 0.2) is 0 Å². The zero-order valence-electron chi connectivity index (χ0n) is 17.9. The number of hydrogen-bond donors (Lipinski definition) is 0. The van der Waals surface area contributed by atoms with E-state index in [0.29, 0.717) is 12.8 Å². The van der Waals surface area contributed by atoms with Gasteiger partial charge in [-0.05, 0) is 32.1 Å². The van der Waals surface area contributed by atoms with Crippen molar-refractivity contribution in [1.29, 1.82) is 0 Å². The van der Waals surface area contributed by atoms with Crippen molar-refractivity contribution in [2.24, 2.45) is 5.92 Å². The maximum absolute atomic E-state index is 11.5. The summed E-state index contributed by atoms with van der Waals surface area (Å²) >= 11 is 6.67. The minimum Gasteiger partial charge on any atom is -0.469 e. The number of halogens is 1. The molecule has 0 unspecified atom stereocenters. The molecule has 0 aromatic rings. The van der Waals surface area contributed by atoms with E-state index in [9.17, 15) is 4.79 Å². The highest BCUT2D eigenvalue weighted by Crippen LogP contribution is 2.42. The smallest absolute Gasteiger partial charge is 0.308 e. The Morgan fingerprint density at radius 1 is 1.21 bits per heavy atom. The van der Waals surface area contributed by atoms with Crippen LogP contribution in [0.25, 0.3) is 0 Å². The molecular weight excluding hydrogens is 388 g/mol. The molecule has 0 amide bonds. The summed E-state index contributed by atoms with van der Waals surface area (Å²) < 4.78 is 22.2. The lowest BCUT2D eigenvalue weighted by Crippen LogP contribution is -2.46. The largest absolute Gasteiger partial charge is 0.469 e. The maximum Gasteiger partial charge on any atom is 0.308 e. The van der Waals surface area contributed by atoms with Crippen molar-refractivity contribution in [3.05, 3.63) is 0 Å². The van der Waals surface area contributed by atoms with Crippen molar-refractivity contribution >= 4 is 17.6 Å². The summed E-state index contributed by atoms with van der Waals surface area (Å²) in [5.74, 6) is -1.05. The third-order valence-electron chi connectivity index (χ3n) is 6.27. The molecule has 164 valence electrons.